The zero-order valence-corrected chi connectivity index (χ0v) is 8.59. The molecule has 1 N–H and O–H groups in total. The van der Waals surface area contributed by atoms with Crippen molar-refractivity contribution in [2.24, 2.45) is 0 Å². The highest BCUT2D eigenvalue weighted by atomic mass is 16.3. The molecule has 3 heteroatoms. The van der Waals surface area contributed by atoms with E-state index in [1.54, 1.807) is 0 Å². The van der Waals surface area contributed by atoms with E-state index in [9.17, 15) is 14.7 Å². The standard InChI is InChI=1S/C10H18O3/c1-4-5-6-7-10(13,8(2)11)9(3)12/h13H,4-7H2,1-3H3. The molecule has 76 valence electrons. The van der Waals surface area contributed by atoms with Gasteiger partial charge in [-0.05, 0) is 26.7 Å². The molecule has 0 spiro atoms. The molecule has 0 heterocycles. The molecule has 0 radical (unpaired) electrons. The summed E-state index contributed by atoms with van der Waals surface area (Å²) in [6.45, 7) is 4.54. The van der Waals surface area contributed by atoms with Gasteiger partial charge in [-0.2, -0.15) is 0 Å². The van der Waals surface area contributed by atoms with Gasteiger partial charge in [0.15, 0.2) is 17.2 Å². The van der Waals surface area contributed by atoms with E-state index in [4.69, 9.17) is 0 Å². The molecule has 0 aromatic carbocycles. The number of ketones is 2. The summed E-state index contributed by atoms with van der Waals surface area (Å²) in [5.74, 6) is -0.896. The van der Waals surface area contributed by atoms with Gasteiger partial charge >= 0.3 is 0 Å². The Hall–Kier alpha value is -0.700. The second-order valence-corrected chi connectivity index (χ2v) is 3.43. The third kappa shape index (κ3) is 3.27. The monoisotopic (exact) mass is 186 g/mol. The van der Waals surface area contributed by atoms with Crippen LogP contribution in [0.1, 0.15) is 46.5 Å². The van der Waals surface area contributed by atoms with Gasteiger partial charge in [-0.25, -0.2) is 0 Å². The molecule has 0 unspecified atom stereocenters. The smallest absolute Gasteiger partial charge is 0.180 e. The highest BCUT2D eigenvalue weighted by molar-refractivity contribution is 6.08. The molecule has 0 fully saturated rings. The SMILES string of the molecule is CCCCCC(O)(C(C)=O)C(C)=O. The first kappa shape index (κ1) is 12.3. The van der Waals surface area contributed by atoms with Crippen molar-refractivity contribution >= 4 is 11.6 Å². The Balaban J connectivity index is 4.26. The van der Waals surface area contributed by atoms with Gasteiger partial charge in [-0.15, -0.1) is 0 Å². The number of carbonyl (C=O) groups excluding carboxylic acids is 2. The lowest BCUT2D eigenvalue weighted by atomic mass is 9.89. The van der Waals surface area contributed by atoms with Gasteiger partial charge in [-0.3, -0.25) is 9.59 Å². The average Bonchev–Trinajstić information content (AvgIpc) is 2.03. The maximum absolute atomic E-state index is 11.0. The Morgan fingerprint density at radius 2 is 1.62 bits per heavy atom. The van der Waals surface area contributed by atoms with Crippen LogP contribution in [0.4, 0.5) is 0 Å². The Labute approximate surface area is 79.1 Å². The average molecular weight is 186 g/mol. The van der Waals surface area contributed by atoms with Crippen molar-refractivity contribution in [1.29, 1.82) is 0 Å². The fourth-order valence-corrected chi connectivity index (χ4v) is 1.23. The maximum Gasteiger partial charge on any atom is 0.180 e. The number of hydrogen-bond acceptors (Lipinski definition) is 3. The lowest BCUT2D eigenvalue weighted by Gasteiger charge is -2.21. The second-order valence-electron chi connectivity index (χ2n) is 3.43. The number of carbonyl (C=O) groups is 2. The lowest BCUT2D eigenvalue weighted by molar-refractivity contribution is -0.149. The van der Waals surface area contributed by atoms with Crippen molar-refractivity contribution in [3.05, 3.63) is 0 Å². The summed E-state index contributed by atoms with van der Waals surface area (Å²) in [6, 6.07) is 0. The first-order valence-electron chi connectivity index (χ1n) is 4.69. The zero-order chi connectivity index (χ0) is 10.5. The van der Waals surface area contributed by atoms with Crippen LogP contribution < -0.4 is 0 Å². The van der Waals surface area contributed by atoms with Crippen LogP contribution in [0.15, 0.2) is 0 Å². The fourth-order valence-electron chi connectivity index (χ4n) is 1.23. The van der Waals surface area contributed by atoms with Crippen molar-refractivity contribution in [1.82, 2.24) is 0 Å². The van der Waals surface area contributed by atoms with Crippen LogP contribution in [0, 0.1) is 0 Å². The Morgan fingerprint density at radius 1 is 1.15 bits per heavy atom. The van der Waals surface area contributed by atoms with Crippen LogP contribution in [-0.2, 0) is 9.59 Å². The number of aliphatic hydroxyl groups is 1. The van der Waals surface area contributed by atoms with E-state index < -0.39 is 17.2 Å². The molecule has 0 aromatic heterocycles. The molecule has 0 aliphatic rings. The molecule has 13 heavy (non-hydrogen) atoms. The molecule has 0 bridgehead atoms. The quantitative estimate of drug-likeness (QED) is 0.505. The third-order valence-electron chi connectivity index (χ3n) is 2.31. The molecule has 0 atom stereocenters. The second kappa shape index (κ2) is 5.12. The first-order chi connectivity index (χ1) is 5.95. The summed E-state index contributed by atoms with van der Waals surface area (Å²) in [4.78, 5) is 22.1. The molecule has 0 saturated heterocycles. The van der Waals surface area contributed by atoms with Crippen LogP contribution >= 0.6 is 0 Å². The lowest BCUT2D eigenvalue weighted by Crippen LogP contribution is -2.43. The predicted octanol–water partition coefficient (Wildman–Crippen LogP) is 1.48. The van der Waals surface area contributed by atoms with Crippen molar-refractivity contribution in [2.45, 2.75) is 52.1 Å². The molecule has 0 rings (SSSR count). The molecular weight excluding hydrogens is 168 g/mol. The summed E-state index contributed by atoms with van der Waals surface area (Å²) in [5, 5.41) is 9.69. The van der Waals surface area contributed by atoms with E-state index in [2.05, 4.69) is 0 Å². The van der Waals surface area contributed by atoms with Crippen molar-refractivity contribution in [3.63, 3.8) is 0 Å². The van der Waals surface area contributed by atoms with Gasteiger partial charge in [0.25, 0.3) is 0 Å². The normalized spacial score (nSPS) is 11.4. The van der Waals surface area contributed by atoms with Crippen LogP contribution in [0.2, 0.25) is 0 Å². The van der Waals surface area contributed by atoms with Gasteiger partial charge in [0, 0.05) is 0 Å². The highest BCUT2D eigenvalue weighted by Gasteiger charge is 2.36. The topological polar surface area (TPSA) is 54.4 Å². The van der Waals surface area contributed by atoms with E-state index in [0.29, 0.717) is 6.42 Å². The predicted molar refractivity (Wildman–Crippen MR) is 50.5 cm³/mol. The van der Waals surface area contributed by atoms with Gasteiger partial charge < -0.3 is 5.11 Å². The molecule has 0 aliphatic carbocycles. The first-order valence-corrected chi connectivity index (χ1v) is 4.69. The largest absolute Gasteiger partial charge is 0.375 e. The molecule has 0 aromatic rings. The minimum Gasteiger partial charge on any atom is -0.375 e. The van der Waals surface area contributed by atoms with Crippen LogP contribution in [-0.4, -0.2) is 22.3 Å². The Bertz CT molecular complexity index is 182. The van der Waals surface area contributed by atoms with E-state index in [-0.39, 0.29) is 6.42 Å². The molecule has 0 saturated carbocycles. The summed E-state index contributed by atoms with van der Waals surface area (Å²) in [7, 11) is 0. The van der Waals surface area contributed by atoms with Crippen LogP contribution in [0.3, 0.4) is 0 Å². The Morgan fingerprint density at radius 3 is 1.92 bits per heavy atom. The molecule has 3 nitrogen and oxygen atoms in total. The van der Waals surface area contributed by atoms with Gasteiger partial charge in [0.05, 0.1) is 0 Å². The Kier molecular flexibility index (Phi) is 4.85. The van der Waals surface area contributed by atoms with E-state index in [0.717, 1.165) is 12.8 Å². The van der Waals surface area contributed by atoms with Crippen molar-refractivity contribution in [2.75, 3.05) is 0 Å². The third-order valence-corrected chi connectivity index (χ3v) is 2.31. The van der Waals surface area contributed by atoms with Crippen LogP contribution in [0.5, 0.6) is 0 Å². The minimum atomic E-state index is -1.73. The zero-order valence-electron chi connectivity index (χ0n) is 8.59. The van der Waals surface area contributed by atoms with E-state index >= 15 is 0 Å². The summed E-state index contributed by atoms with van der Waals surface area (Å²) in [5.41, 5.74) is -1.73. The van der Waals surface area contributed by atoms with E-state index in [1.807, 2.05) is 6.92 Å². The van der Waals surface area contributed by atoms with Crippen LogP contribution in [0.25, 0.3) is 0 Å². The summed E-state index contributed by atoms with van der Waals surface area (Å²) in [6.07, 6.45) is 2.91. The van der Waals surface area contributed by atoms with Gasteiger partial charge in [-0.1, -0.05) is 19.8 Å². The minimum absolute atomic E-state index is 0.255. The molecule has 0 amide bonds. The maximum atomic E-state index is 11.0. The molecule has 0 aliphatic heterocycles. The number of Topliss-reactive ketones (excluding diaryl/α,β-unsaturated/α-hetero) is 2. The van der Waals surface area contributed by atoms with Gasteiger partial charge in [0.2, 0.25) is 0 Å². The molecular formula is C10H18O3. The van der Waals surface area contributed by atoms with Crippen molar-refractivity contribution in [3.8, 4) is 0 Å². The van der Waals surface area contributed by atoms with E-state index in [1.165, 1.54) is 13.8 Å². The summed E-state index contributed by atoms with van der Waals surface area (Å²) < 4.78 is 0. The number of rotatable bonds is 6. The van der Waals surface area contributed by atoms with Crippen molar-refractivity contribution < 1.29 is 14.7 Å². The number of hydrogen-bond donors (Lipinski definition) is 1. The van der Waals surface area contributed by atoms with Gasteiger partial charge in [0.1, 0.15) is 0 Å². The summed E-state index contributed by atoms with van der Waals surface area (Å²) >= 11 is 0. The fraction of sp³-hybridized carbons (Fsp3) is 0.800. The highest BCUT2D eigenvalue weighted by Crippen LogP contribution is 2.17. The number of unbranched alkanes of at least 4 members (excludes halogenated alkanes) is 2.